The molecule has 34 heavy (non-hydrogen) atoms. The number of pyridine rings is 1. The lowest BCUT2D eigenvalue weighted by Gasteiger charge is -2.20. The van der Waals surface area contributed by atoms with Gasteiger partial charge in [0, 0.05) is 16.8 Å². The van der Waals surface area contributed by atoms with Gasteiger partial charge in [-0.1, -0.05) is 71.5 Å². The largest absolute Gasteiger partial charge is 0.278 e. The molecule has 1 amide bonds. The summed E-state index contributed by atoms with van der Waals surface area (Å²) in [5, 5.41) is 1.29. The van der Waals surface area contributed by atoms with E-state index in [2.05, 4.69) is 17.1 Å². The summed E-state index contributed by atoms with van der Waals surface area (Å²) in [7, 11) is 0. The summed E-state index contributed by atoms with van der Waals surface area (Å²) < 4.78 is 0.956. The monoisotopic (exact) mass is 483 g/mol. The van der Waals surface area contributed by atoms with E-state index >= 15 is 0 Å². The minimum absolute atomic E-state index is 0.111. The molecule has 3 aromatic carbocycles. The van der Waals surface area contributed by atoms with Gasteiger partial charge in [-0.2, -0.15) is 0 Å². The molecule has 5 rings (SSSR count). The molecular formula is C28H22ClN3OS. The average Bonchev–Trinajstić information content (AvgIpc) is 3.28. The van der Waals surface area contributed by atoms with Gasteiger partial charge in [0.25, 0.3) is 5.91 Å². The molecule has 2 heterocycles. The van der Waals surface area contributed by atoms with E-state index in [4.69, 9.17) is 16.6 Å². The van der Waals surface area contributed by atoms with E-state index in [-0.39, 0.29) is 5.91 Å². The summed E-state index contributed by atoms with van der Waals surface area (Å²) >= 11 is 7.72. The van der Waals surface area contributed by atoms with Gasteiger partial charge in [-0.25, -0.2) is 4.98 Å². The van der Waals surface area contributed by atoms with Crippen LogP contribution in [0.5, 0.6) is 0 Å². The lowest BCUT2D eigenvalue weighted by Crippen LogP contribution is -2.30. The highest BCUT2D eigenvalue weighted by atomic mass is 35.5. The molecule has 5 aromatic rings. The highest BCUT2D eigenvalue weighted by Gasteiger charge is 2.23. The van der Waals surface area contributed by atoms with E-state index in [9.17, 15) is 4.79 Å². The fraction of sp³-hybridized carbons (Fsp3) is 0.107. The van der Waals surface area contributed by atoms with Crippen LogP contribution in [0.25, 0.3) is 10.2 Å². The number of carbonyl (C=O) groups excluding carboxylic acids is 1. The number of halogens is 1. The third-order valence-electron chi connectivity index (χ3n) is 5.61. The number of fused-ring (bicyclic) bond motifs is 1. The molecule has 0 aliphatic heterocycles. The Labute approximate surface area is 207 Å². The summed E-state index contributed by atoms with van der Waals surface area (Å²) in [6, 6.07) is 27.6. The zero-order valence-corrected chi connectivity index (χ0v) is 20.2. The predicted octanol–water partition coefficient (Wildman–Crippen LogP) is 7.09. The second kappa shape index (κ2) is 9.75. The summed E-state index contributed by atoms with van der Waals surface area (Å²) in [6.45, 7) is 2.31. The molecule has 0 fully saturated rings. The van der Waals surface area contributed by atoms with Crippen LogP contribution in [0.15, 0.2) is 91.1 Å². The van der Waals surface area contributed by atoms with Gasteiger partial charge in [0.1, 0.15) is 0 Å². The van der Waals surface area contributed by atoms with Gasteiger partial charge < -0.3 is 0 Å². The Morgan fingerprint density at radius 3 is 2.41 bits per heavy atom. The molecule has 4 nitrogen and oxygen atoms in total. The summed E-state index contributed by atoms with van der Waals surface area (Å²) in [5.74, 6) is -0.111. The second-order valence-corrected chi connectivity index (χ2v) is 9.58. The van der Waals surface area contributed by atoms with Crippen LogP contribution in [0.1, 0.15) is 32.7 Å². The first kappa shape index (κ1) is 22.3. The van der Waals surface area contributed by atoms with Gasteiger partial charge in [-0.15, -0.1) is 0 Å². The Hall–Kier alpha value is -3.54. The maximum atomic E-state index is 13.7. The molecule has 2 aromatic heterocycles. The number of amides is 1. The van der Waals surface area contributed by atoms with Crippen LogP contribution in [0.3, 0.4) is 0 Å². The van der Waals surface area contributed by atoms with Crippen LogP contribution in [0.4, 0.5) is 5.13 Å². The number of benzene rings is 3. The van der Waals surface area contributed by atoms with E-state index in [0.29, 0.717) is 22.3 Å². The molecule has 0 N–H and O–H groups in total. The number of hydrogen-bond acceptors (Lipinski definition) is 4. The van der Waals surface area contributed by atoms with Crippen LogP contribution in [0, 0.1) is 6.92 Å². The van der Waals surface area contributed by atoms with Crippen LogP contribution >= 0.6 is 22.9 Å². The normalized spacial score (nSPS) is 11.0. The highest BCUT2D eigenvalue weighted by molar-refractivity contribution is 7.22. The quantitative estimate of drug-likeness (QED) is 0.259. The number of nitrogens with zero attached hydrogens (tertiary/aromatic N) is 3. The Kier molecular flexibility index (Phi) is 6.39. The Morgan fingerprint density at radius 1 is 0.941 bits per heavy atom. The molecule has 0 saturated carbocycles. The van der Waals surface area contributed by atoms with E-state index in [0.717, 1.165) is 33.5 Å². The maximum Gasteiger partial charge on any atom is 0.260 e. The molecule has 6 heteroatoms. The van der Waals surface area contributed by atoms with Crippen molar-refractivity contribution >= 4 is 44.2 Å². The molecule has 0 spiro atoms. The van der Waals surface area contributed by atoms with Gasteiger partial charge in [0.15, 0.2) is 5.13 Å². The SMILES string of the molecule is Cc1cc(Cl)cc2sc(N(Cc3ccccn3)C(=O)c3ccc(Cc4ccccc4)cc3)nc12. The Balaban J connectivity index is 1.47. The average molecular weight is 484 g/mol. The maximum absolute atomic E-state index is 13.7. The summed E-state index contributed by atoms with van der Waals surface area (Å²) in [4.78, 5) is 24.6. The first-order chi connectivity index (χ1) is 16.6. The van der Waals surface area contributed by atoms with Gasteiger partial charge in [0.2, 0.25) is 0 Å². The molecule has 168 valence electrons. The van der Waals surface area contributed by atoms with Crippen molar-refractivity contribution in [3.63, 3.8) is 0 Å². The van der Waals surface area contributed by atoms with E-state index < -0.39 is 0 Å². The van der Waals surface area contributed by atoms with E-state index in [1.165, 1.54) is 16.9 Å². The number of hydrogen-bond donors (Lipinski definition) is 0. The smallest absolute Gasteiger partial charge is 0.260 e. The minimum Gasteiger partial charge on any atom is -0.278 e. The third-order valence-corrected chi connectivity index (χ3v) is 6.86. The predicted molar refractivity (Wildman–Crippen MR) is 140 cm³/mol. The van der Waals surface area contributed by atoms with E-state index in [1.54, 1.807) is 11.1 Å². The molecular weight excluding hydrogens is 462 g/mol. The summed E-state index contributed by atoms with van der Waals surface area (Å²) in [5.41, 5.74) is 5.65. The number of aromatic nitrogens is 2. The zero-order chi connectivity index (χ0) is 23.5. The van der Waals surface area contributed by atoms with Crippen LogP contribution in [-0.4, -0.2) is 15.9 Å². The second-order valence-electron chi connectivity index (χ2n) is 8.14. The molecule has 0 aliphatic carbocycles. The number of rotatable bonds is 6. The fourth-order valence-corrected chi connectivity index (χ4v) is 5.31. The summed E-state index contributed by atoms with van der Waals surface area (Å²) in [6.07, 6.45) is 2.56. The Morgan fingerprint density at radius 2 is 1.68 bits per heavy atom. The van der Waals surface area contributed by atoms with Gasteiger partial charge in [0.05, 0.1) is 22.5 Å². The number of carbonyl (C=O) groups is 1. The number of anilines is 1. The van der Waals surface area contributed by atoms with E-state index in [1.807, 2.05) is 79.7 Å². The molecule has 0 bridgehead atoms. The van der Waals surface area contributed by atoms with Crippen LogP contribution in [-0.2, 0) is 13.0 Å². The molecule has 0 atom stereocenters. The van der Waals surface area contributed by atoms with Crippen molar-refractivity contribution in [3.8, 4) is 0 Å². The van der Waals surface area contributed by atoms with Crippen molar-refractivity contribution in [3.05, 3.63) is 124 Å². The van der Waals surface area contributed by atoms with Gasteiger partial charge in [-0.3, -0.25) is 14.7 Å². The van der Waals surface area contributed by atoms with Crippen molar-refractivity contribution in [2.45, 2.75) is 19.9 Å². The third kappa shape index (κ3) is 4.86. The van der Waals surface area contributed by atoms with Crippen molar-refractivity contribution in [1.29, 1.82) is 0 Å². The van der Waals surface area contributed by atoms with Gasteiger partial charge >= 0.3 is 0 Å². The Bertz CT molecular complexity index is 1430. The van der Waals surface area contributed by atoms with Gasteiger partial charge in [-0.05, 0) is 66.4 Å². The van der Waals surface area contributed by atoms with Crippen molar-refractivity contribution in [2.75, 3.05) is 4.90 Å². The molecule has 0 radical (unpaired) electrons. The highest BCUT2D eigenvalue weighted by Crippen LogP contribution is 2.34. The van der Waals surface area contributed by atoms with Crippen molar-refractivity contribution in [2.24, 2.45) is 0 Å². The lowest BCUT2D eigenvalue weighted by molar-refractivity contribution is 0.0985. The minimum atomic E-state index is -0.111. The molecule has 0 aliphatic rings. The first-order valence-corrected chi connectivity index (χ1v) is 12.2. The van der Waals surface area contributed by atoms with Crippen molar-refractivity contribution < 1.29 is 4.79 Å². The number of thiazole rings is 1. The standard InChI is InChI=1S/C28H22ClN3OS/c1-19-15-23(29)17-25-26(19)31-28(34-25)32(18-24-9-5-6-14-30-24)27(33)22-12-10-21(11-13-22)16-20-7-3-2-4-8-20/h2-15,17H,16,18H2,1H3. The molecule has 0 saturated heterocycles. The molecule has 0 unspecified atom stereocenters. The lowest BCUT2D eigenvalue weighted by atomic mass is 10.0. The van der Waals surface area contributed by atoms with Crippen molar-refractivity contribution in [1.82, 2.24) is 9.97 Å². The van der Waals surface area contributed by atoms with Crippen LogP contribution in [0.2, 0.25) is 5.02 Å². The fourth-order valence-electron chi connectivity index (χ4n) is 3.89. The topological polar surface area (TPSA) is 46.1 Å². The van der Waals surface area contributed by atoms with Crippen LogP contribution < -0.4 is 4.90 Å². The zero-order valence-electron chi connectivity index (χ0n) is 18.6. The first-order valence-electron chi connectivity index (χ1n) is 11.0. The number of aryl methyl sites for hydroxylation is 1.